The Morgan fingerprint density at radius 2 is 2.00 bits per heavy atom. The zero-order valence-electron chi connectivity index (χ0n) is 18.1. The highest BCUT2D eigenvalue weighted by Gasteiger charge is 2.48. The molecule has 0 unspecified atom stereocenters. The Hall–Kier alpha value is -2.58. The summed E-state index contributed by atoms with van der Waals surface area (Å²) in [5.74, 6) is 0.653. The van der Waals surface area contributed by atoms with Crippen molar-refractivity contribution in [3.63, 3.8) is 0 Å². The smallest absolute Gasteiger partial charge is 0.228 e. The van der Waals surface area contributed by atoms with E-state index < -0.39 is 12.0 Å². The monoisotopic (exact) mass is 471 g/mol. The normalized spacial score (nSPS) is 24.7. The highest BCUT2D eigenvalue weighted by molar-refractivity contribution is 6.30. The van der Waals surface area contributed by atoms with Crippen molar-refractivity contribution in [1.29, 1.82) is 0 Å². The minimum absolute atomic E-state index is 0.114. The molecule has 6 rings (SSSR count). The zero-order chi connectivity index (χ0) is 22.6. The molecule has 172 valence electrons. The molecule has 3 aliphatic heterocycles. The van der Waals surface area contributed by atoms with Gasteiger partial charge >= 0.3 is 0 Å². The van der Waals surface area contributed by atoms with Crippen molar-refractivity contribution >= 4 is 34.0 Å². The van der Waals surface area contributed by atoms with Gasteiger partial charge in [0.25, 0.3) is 0 Å². The van der Waals surface area contributed by atoms with E-state index in [1.807, 2.05) is 35.2 Å². The number of nitrogens with zero attached hydrogens (tertiary/aromatic N) is 5. The van der Waals surface area contributed by atoms with Crippen molar-refractivity contribution in [1.82, 2.24) is 19.9 Å². The number of fused-ring (bicyclic) bond motifs is 1. The summed E-state index contributed by atoms with van der Waals surface area (Å²) < 4.78 is 35.2. The van der Waals surface area contributed by atoms with Gasteiger partial charge in [0.15, 0.2) is 11.0 Å². The maximum Gasteiger partial charge on any atom is 0.228 e. The van der Waals surface area contributed by atoms with Gasteiger partial charge in [-0.25, -0.2) is 18.7 Å². The molecule has 0 aliphatic carbocycles. The summed E-state index contributed by atoms with van der Waals surface area (Å²) >= 11 is 6.09. The highest BCUT2D eigenvalue weighted by Crippen LogP contribution is 2.44. The van der Waals surface area contributed by atoms with E-state index in [1.165, 1.54) is 0 Å². The summed E-state index contributed by atoms with van der Waals surface area (Å²) in [5, 5.41) is 0.158. The summed E-state index contributed by atoms with van der Waals surface area (Å²) in [7, 11) is 0. The van der Waals surface area contributed by atoms with Gasteiger partial charge in [0.05, 0.1) is 6.54 Å². The third kappa shape index (κ3) is 3.51. The van der Waals surface area contributed by atoms with Crippen LogP contribution in [0.25, 0.3) is 10.9 Å². The van der Waals surface area contributed by atoms with Gasteiger partial charge in [0, 0.05) is 24.2 Å². The lowest BCUT2D eigenvalue weighted by Gasteiger charge is -2.31. The van der Waals surface area contributed by atoms with Gasteiger partial charge < -0.3 is 9.64 Å². The van der Waals surface area contributed by atoms with Crippen LogP contribution >= 0.6 is 11.6 Å². The molecule has 5 heterocycles. The second kappa shape index (κ2) is 8.02. The summed E-state index contributed by atoms with van der Waals surface area (Å²) in [6.07, 6.45) is 3.09. The Morgan fingerprint density at radius 1 is 1.15 bits per heavy atom. The van der Waals surface area contributed by atoms with Crippen LogP contribution in [0.15, 0.2) is 30.3 Å². The van der Waals surface area contributed by atoms with Gasteiger partial charge in [0.1, 0.15) is 35.3 Å². The maximum absolute atomic E-state index is 15.2. The van der Waals surface area contributed by atoms with Gasteiger partial charge in [-0.1, -0.05) is 29.8 Å². The first-order chi connectivity index (χ1) is 16.0. The number of para-hydroxylation sites is 1. The van der Waals surface area contributed by atoms with Gasteiger partial charge in [-0.3, -0.25) is 4.90 Å². The van der Waals surface area contributed by atoms with Gasteiger partial charge in [0.2, 0.25) is 5.88 Å². The second-order valence-corrected chi connectivity index (χ2v) is 9.48. The van der Waals surface area contributed by atoms with Gasteiger partial charge in [-0.15, -0.1) is 0 Å². The summed E-state index contributed by atoms with van der Waals surface area (Å²) in [6, 6.07) is 9.80. The molecule has 0 N–H and O–H groups in total. The average Bonchev–Trinajstić information content (AvgIpc) is 3.27. The number of hydrogen-bond donors (Lipinski definition) is 0. The number of anilines is 2. The van der Waals surface area contributed by atoms with E-state index in [0.29, 0.717) is 49.6 Å². The van der Waals surface area contributed by atoms with Crippen LogP contribution in [-0.4, -0.2) is 57.8 Å². The van der Waals surface area contributed by atoms with Crippen LogP contribution < -0.4 is 9.64 Å². The third-order valence-electron chi connectivity index (χ3n) is 7.19. The summed E-state index contributed by atoms with van der Waals surface area (Å²) in [4.78, 5) is 17.9. The third-order valence-corrected chi connectivity index (χ3v) is 7.44. The minimum atomic E-state index is -0.789. The van der Waals surface area contributed by atoms with Gasteiger partial charge in [-0.2, -0.15) is 4.98 Å². The molecular formula is C24H24ClF2N5O. The Labute approximate surface area is 195 Å². The van der Waals surface area contributed by atoms with Crippen molar-refractivity contribution in [2.24, 2.45) is 0 Å². The zero-order valence-corrected chi connectivity index (χ0v) is 18.9. The molecule has 9 heteroatoms. The molecule has 0 amide bonds. The average molecular weight is 472 g/mol. The Kier molecular flexibility index (Phi) is 5.10. The summed E-state index contributed by atoms with van der Waals surface area (Å²) in [6.45, 7) is 2.30. The fourth-order valence-corrected chi connectivity index (χ4v) is 5.87. The van der Waals surface area contributed by atoms with Crippen molar-refractivity contribution in [2.45, 2.75) is 43.8 Å². The number of alkyl halides is 1. The van der Waals surface area contributed by atoms with Gasteiger partial charge in [-0.05, 0) is 44.4 Å². The Bertz CT molecular complexity index is 1210. The van der Waals surface area contributed by atoms with Crippen molar-refractivity contribution in [2.75, 3.05) is 31.1 Å². The summed E-state index contributed by atoms with van der Waals surface area (Å²) in [5.41, 5.74) is 0.892. The molecule has 2 atom stereocenters. The van der Waals surface area contributed by atoms with E-state index in [4.69, 9.17) is 21.3 Å². The molecule has 3 aliphatic rings. The first-order valence-corrected chi connectivity index (χ1v) is 11.8. The predicted octanol–water partition coefficient (Wildman–Crippen LogP) is 4.86. The molecule has 0 bridgehead atoms. The minimum Gasteiger partial charge on any atom is -0.475 e. The molecular weight excluding hydrogens is 448 g/mol. The maximum atomic E-state index is 15.2. The second-order valence-electron chi connectivity index (χ2n) is 9.12. The van der Waals surface area contributed by atoms with E-state index in [2.05, 4.69) is 14.9 Å². The first-order valence-electron chi connectivity index (χ1n) is 11.4. The number of pyridine rings is 1. The molecule has 33 heavy (non-hydrogen) atoms. The SMILES string of the molecule is Fc1c(Cl)nc2c3c(nc(CC[C@@]45CCCN4C[C@H](F)C5)nc13)N(c1ccccc1)CCO2. The standard InChI is InChI=1S/C24H24ClF2N5O/c25-21-19(27)20-18-22(32(11-12-33-23(18)30-21)16-5-2-1-3-6-16)29-17(28-20)7-9-24-8-4-10-31(24)14-15(26)13-24/h1-3,5-6,15H,4,7-14H2/t15-,24-/m1/s1. The van der Waals surface area contributed by atoms with Crippen LogP contribution in [0.2, 0.25) is 5.15 Å². The lowest BCUT2D eigenvalue weighted by atomic mass is 9.88. The van der Waals surface area contributed by atoms with Crippen LogP contribution in [0.4, 0.5) is 20.3 Å². The van der Waals surface area contributed by atoms with Crippen LogP contribution in [0.3, 0.4) is 0 Å². The van der Waals surface area contributed by atoms with Crippen molar-refractivity contribution < 1.29 is 13.5 Å². The number of aryl methyl sites for hydroxylation is 1. The largest absolute Gasteiger partial charge is 0.475 e. The van der Waals surface area contributed by atoms with Crippen molar-refractivity contribution in [3.8, 4) is 5.88 Å². The van der Waals surface area contributed by atoms with Crippen LogP contribution in [0, 0.1) is 5.82 Å². The molecule has 6 nitrogen and oxygen atoms in total. The van der Waals surface area contributed by atoms with Crippen LogP contribution in [0.5, 0.6) is 5.88 Å². The number of rotatable bonds is 4. The predicted molar refractivity (Wildman–Crippen MR) is 123 cm³/mol. The van der Waals surface area contributed by atoms with E-state index in [0.717, 1.165) is 31.5 Å². The van der Waals surface area contributed by atoms with Crippen LogP contribution in [0.1, 0.15) is 31.5 Å². The quantitative estimate of drug-likeness (QED) is 0.507. The molecule has 0 saturated carbocycles. The molecule has 1 aromatic carbocycles. The lowest BCUT2D eigenvalue weighted by Crippen LogP contribution is -2.38. The lowest BCUT2D eigenvalue weighted by molar-refractivity contribution is 0.181. The fourth-order valence-electron chi connectivity index (χ4n) is 5.71. The number of halogens is 3. The first kappa shape index (κ1) is 21.0. The Morgan fingerprint density at radius 3 is 2.85 bits per heavy atom. The number of ether oxygens (including phenoxy) is 1. The topological polar surface area (TPSA) is 54.4 Å². The molecule has 2 aromatic heterocycles. The molecule has 2 saturated heterocycles. The Balaban J connectivity index is 1.45. The molecule has 0 radical (unpaired) electrons. The van der Waals surface area contributed by atoms with E-state index in [1.54, 1.807) is 0 Å². The van der Waals surface area contributed by atoms with E-state index in [9.17, 15) is 4.39 Å². The van der Waals surface area contributed by atoms with E-state index in [-0.39, 0.29) is 22.1 Å². The molecule has 3 aromatic rings. The number of benzene rings is 1. The number of aromatic nitrogens is 3. The van der Waals surface area contributed by atoms with Crippen LogP contribution in [-0.2, 0) is 6.42 Å². The molecule has 0 spiro atoms. The highest BCUT2D eigenvalue weighted by atomic mass is 35.5. The van der Waals surface area contributed by atoms with Crippen molar-refractivity contribution in [3.05, 3.63) is 47.1 Å². The number of hydrogen-bond acceptors (Lipinski definition) is 6. The van der Waals surface area contributed by atoms with E-state index >= 15 is 4.39 Å². The fraction of sp³-hybridized carbons (Fsp3) is 0.458. The molecule has 2 fully saturated rings.